The van der Waals surface area contributed by atoms with Crippen LogP contribution in [0.1, 0.15) is 175 Å². The maximum atomic E-state index is 7.27. The lowest BCUT2D eigenvalue weighted by Gasteiger charge is -2.23. The van der Waals surface area contributed by atoms with Gasteiger partial charge in [-0.15, -0.1) is 0 Å². The Morgan fingerprint density at radius 2 is 0.597 bits per heavy atom. The van der Waals surface area contributed by atoms with E-state index in [2.05, 4.69) is 125 Å². The van der Waals surface area contributed by atoms with Gasteiger partial charge in [-0.05, 0) is 97.1 Å². The lowest BCUT2D eigenvalue weighted by molar-refractivity contribution is 0.228. The standard InChI is InChI=1S/C65H80O2/c1-5-8-11-14-17-18-21-24-31-47(30-23-20-16-13-10-7-3)45-67-65-57-35-28-26-33-49(57)51-37-39-53-54-40-42-58-62-50(36-38-52(60(54)62)55-41-43-59(65)63(51)61(53)55)48-32-25-27-34-56(48)64(58)66-44-46(4)29-22-19-15-12-9-6-2/h25-28,32-43,46-47H,5-24,29-31,44-45H2,1-4H3. The van der Waals surface area contributed by atoms with Gasteiger partial charge in [0.25, 0.3) is 0 Å². The van der Waals surface area contributed by atoms with Crippen molar-refractivity contribution in [1.82, 2.24) is 0 Å². The second kappa shape index (κ2) is 23.0. The van der Waals surface area contributed by atoms with Crippen molar-refractivity contribution in [3.05, 3.63) is 97.1 Å². The topological polar surface area (TPSA) is 18.5 Å². The maximum absolute atomic E-state index is 7.27. The highest BCUT2D eigenvalue weighted by molar-refractivity contribution is 6.43. The van der Waals surface area contributed by atoms with Crippen LogP contribution in [0.15, 0.2) is 97.1 Å². The minimum atomic E-state index is 0.510. The molecule has 0 aliphatic carbocycles. The van der Waals surface area contributed by atoms with Crippen LogP contribution in [0.3, 0.4) is 0 Å². The monoisotopic (exact) mass is 893 g/mol. The summed E-state index contributed by atoms with van der Waals surface area (Å²) in [6.45, 7) is 10.8. The van der Waals surface area contributed by atoms with Gasteiger partial charge in [-0.25, -0.2) is 0 Å². The van der Waals surface area contributed by atoms with Gasteiger partial charge in [-0.2, -0.15) is 0 Å². The molecule has 9 rings (SSSR count). The summed E-state index contributed by atoms with van der Waals surface area (Å²) in [5.41, 5.74) is 0. The molecule has 2 heteroatoms. The van der Waals surface area contributed by atoms with Crippen molar-refractivity contribution in [2.75, 3.05) is 13.2 Å². The molecule has 0 saturated heterocycles. The average Bonchev–Trinajstić information content (AvgIpc) is 3.36. The Morgan fingerprint density at radius 3 is 1.00 bits per heavy atom. The van der Waals surface area contributed by atoms with E-state index in [0.29, 0.717) is 11.8 Å². The third-order valence-electron chi connectivity index (χ3n) is 15.8. The second-order valence-electron chi connectivity index (χ2n) is 20.9. The van der Waals surface area contributed by atoms with E-state index < -0.39 is 0 Å². The summed E-state index contributed by atoms with van der Waals surface area (Å²) < 4.78 is 14.3. The van der Waals surface area contributed by atoms with E-state index in [9.17, 15) is 0 Å². The molecule has 0 bridgehead atoms. The highest BCUT2D eigenvalue weighted by Gasteiger charge is 2.24. The van der Waals surface area contributed by atoms with Crippen LogP contribution in [0.25, 0.3) is 86.2 Å². The molecule has 0 aromatic heterocycles. The Hall–Kier alpha value is -4.82. The number of fused-ring (bicyclic) bond motifs is 6. The Bertz CT molecular complexity index is 2950. The van der Waals surface area contributed by atoms with Crippen LogP contribution in [-0.4, -0.2) is 13.2 Å². The molecule has 67 heavy (non-hydrogen) atoms. The fourth-order valence-electron chi connectivity index (χ4n) is 12.0. The molecule has 2 nitrogen and oxygen atoms in total. The molecule has 0 heterocycles. The number of benzene rings is 9. The van der Waals surface area contributed by atoms with Crippen LogP contribution in [0.2, 0.25) is 0 Å². The van der Waals surface area contributed by atoms with Gasteiger partial charge in [-0.3, -0.25) is 0 Å². The van der Waals surface area contributed by atoms with Crippen molar-refractivity contribution in [3.63, 3.8) is 0 Å². The van der Waals surface area contributed by atoms with E-state index in [4.69, 9.17) is 9.47 Å². The Kier molecular flexibility index (Phi) is 16.2. The van der Waals surface area contributed by atoms with Gasteiger partial charge in [0.15, 0.2) is 0 Å². The molecule has 0 spiro atoms. The molecule has 0 N–H and O–H groups in total. The predicted octanol–water partition coefficient (Wildman–Crippen LogP) is 20.8. The van der Waals surface area contributed by atoms with E-state index in [1.54, 1.807) is 0 Å². The molecular formula is C65H80O2. The third-order valence-corrected chi connectivity index (χ3v) is 15.8. The van der Waals surface area contributed by atoms with Gasteiger partial charge in [0.05, 0.1) is 13.2 Å². The fourth-order valence-corrected chi connectivity index (χ4v) is 12.0. The SMILES string of the molecule is CCCCCCCCCCC(CCCCCCCC)COc1c2ccccc2c2ccc3c4ccc5c(OCC(C)CCCCCCCC)c6ccccc6c6ccc(c7ccc1c2c73)c4c56. The lowest BCUT2D eigenvalue weighted by Crippen LogP contribution is -2.13. The number of hydrogen-bond donors (Lipinski definition) is 0. The van der Waals surface area contributed by atoms with Gasteiger partial charge in [0.1, 0.15) is 11.5 Å². The van der Waals surface area contributed by atoms with E-state index in [-0.39, 0.29) is 0 Å². The van der Waals surface area contributed by atoms with Crippen LogP contribution in [0.5, 0.6) is 11.5 Å². The van der Waals surface area contributed by atoms with Crippen molar-refractivity contribution in [3.8, 4) is 11.5 Å². The zero-order chi connectivity index (χ0) is 46.0. The van der Waals surface area contributed by atoms with Crippen LogP contribution in [0.4, 0.5) is 0 Å². The molecule has 2 unspecified atom stereocenters. The molecule has 0 fully saturated rings. The van der Waals surface area contributed by atoms with Gasteiger partial charge >= 0.3 is 0 Å². The summed E-state index contributed by atoms with van der Waals surface area (Å²) in [6.07, 6.45) is 30.8. The Labute approximate surface area is 402 Å². The normalized spacial score (nSPS) is 13.3. The molecule has 9 aromatic rings. The first-order chi connectivity index (χ1) is 33.1. The highest BCUT2D eigenvalue weighted by atomic mass is 16.5. The van der Waals surface area contributed by atoms with Crippen LogP contribution in [-0.2, 0) is 0 Å². The molecule has 352 valence electrons. The molecule has 0 aliphatic rings. The summed E-state index contributed by atoms with van der Waals surface area (Å²) >= 11 is 0. The quantitative estimate of drug-likeness (QED) is 0.0265. The summed E-state index contributed by atoms with van der Waals surface area (Å²) in [6, 6.07) is 37.2. The molecule has 0 aliphatic heterocycles. The van der Waals surface area contributed by atoms with E-state index in [1.807, 2.05) is 0 Å². The molecular weight excluding hydrogens is 813 g/mol. The molecule has 2 atom stereocenters. The van der Waals surface area contributed by atoms with Crippen molar-refractivity contribution >= 4 is 86.2 Å². The molecule has 0 saturated carbocycles. The first-order valence-electron chi connectivity index (χ1n) is 27.5. The van der Waals surface area contributed by atoms with Crippen molar-refractivity contribution in [2.24, 2.45) is 11.8 Å². The zero-order valence-electron chi connectivity index (χ0n) is 41.9. The van der Waals surface area contributed by atoms with Gasteiger partial charge in [0.2, 0.25) is 0 Å². The number of rotatable bonds is 29. The first-order valence-corrected chi connectivity index (χ1v) is 27.5. The molecule has 9 aromatic carbocycles. The van der Waals surface area contributed by atoms with Crippen LogP contribution >= 0.6 is 0 Å². The maximum Gasteiger partial charge on any atom is 0.135 e. The highest BCUT2D eigenvalue weighted by Crippen LogP contribution is 2.51. The first kappa shape index (κ1) is 47.3. The third kappa shape index (κ3) is 10.2. The minimum Gasteiger partial charge on any atom is -0.492 e. The van der Waals surface area contributed by atoms with Crippen molar-refractivity contribution in [2.45, 2.75) is 175 Å². The molecule has 0 radical (unpaired) electrons. The minimum absolute atomic E-state index is 0.510. The van der Waals surface area contributed by atoms with E-state index >= 15 is 0 Å². The number of unbranched alkanes of at least 4 members (excludes halogenated alkanes) is 17. The average molecular weight is 893 g/mol. The smallest absolute Gasteiger partial charge is 0.135 e. The van der Waals surface area contributed by atoms with Crippen molar-refractivity contribution < 1.29 is 9.47 Å². The Morgan fingerprint density at radius 1 is 0.299 bits per heavy atom. The van der Waals surface area contributed by atoms with Gasteiger partial charge in [-0.1, -0.05) is 241 Å². The summed E-state index contributed by atoms with van der Waals surface area (Å²) in [7, 11) is 0. The number of hydrogen-bond acceptors (Lipinski definition) is 2. The van der Waals surface area contributed by atoms with Crippen LogP contribution in [0, 0.1) is 11.8 Å². The zero-order valence-corrected chi connectivity index (χ0v) is 41.9. The summed E-state index contributed by atoms with van der Waals surface area (Å²) in [5.74, 6) is 3.21. The van der Waals surface area contributed by atoms with Crippen molar-refractivity contribution in [1.29, 1.82) is 0 Å². The largest absolute Gasteiger partial charge is 0.492 e. The van der Waals surface area contributed by atoms with Crippen LogP contribution < -0.4 is 9.47 Å². The predicted molar refractivity (Wildman–Crippen MR) is 296 cm³/mol. The van der Waals surface area contributed by atoms with Gasteiger partial charge in [0, 0.05) is 32.3 Å². The summed E-state index contributed by atoms with van der Waals surface area (Å²) in [4.78, 5) is 0. The van der Waals surface area contributed by atoms with E-state index in [1.165, 1.54) is 234 Å². The lowest BCUT2D eigenvalue weighted by atomic mass is 9.83. The summed E-state index contributed by atoms with van der Waals surface area (Å²) in [5, 5.41) is 20.9. The van der Waals surface area contributed by atoms with Gasteiger partial charge < -0.3 is 9.47 Å². The van der Waals surface area contributed by atoms with E-state index in [0.717, 1.165) is 24.7 Å². The fraction of sp³-hybridized carbons (Fsp3) is 0.477. The second-order valence-corrected chi connectivity index (χ2v) is 20.9. The number of ether oxygens (including phenoxy) is 2. The molecule has 0 amide bonds. The Balaban J connectivity index is 1.07.